The largest absolute Gasteiger partial charge is 0.355 e. The number of benzene rings is 2. The van der Waals surface area contributed by atoms with Crippen molar-refractivity contribution in [1.29, 1.82) is 5.26 Å². The fourth-order valence-corrected chi connectivity index (χ4v) is 3.50. The van der Waals surface area contributed by atoms with Crippen molar-refractivity contribution in [2.45, 2.75) is 13.0 Å². The predicted octanol–water partition coefficient (Wildman–Crippen LogP) is 2.72. The van der Waals surface area contributed by atoms with Gasteiger partial charge in [0.1, 0.15) is 0 Å². The van der Waals surface area contributed by atoms with Gasteiger partial charge in [0.2, 0.25) is 0 Å². The molecule has 1 aliphatic rings. The first-order valence-electron chi connectivity index (χ1n) is 9.37. The van der Waals surface area contributed by atoms with Crippen LogP contribution in [0.3, 0.4) is 0 Å². The number of hydrogen-bond acceptors (Lipinski definition) is 4. The van der Waals surface area contributed by atoms with E-state index in [2.05, 4.69) is 34.3 Å². The van der Waals surface area contributed by atoms with E-state index in [1.807, 2.05) is 24.3 Å². The van der Waals surface area contributed by atoms with E-state index in [4.69, 9.17) is 0 Å². The lowest BCUT2D eigenvalue weighted by atomic mass is 9.97. The summed E-state index contributed by atoms with van der Waals surface area (Å²) in [4.78, 5) is 16.5. The summed E-state index contributed by atoms with van der Waals surface area (Å²) in [6, 6.07) is 15.8. The lowest BCUT2D eigenvalue weighted by molar-refractivity contribution is 0.0963. The molecule has 140 valence electrons. The van der Waals surface area contributed by atoms with Gasteiger partial charge in [0.15, 0.2) is 0 Å². The van der Waals surface area contributed by atoms with Gasteiger partial charge in [-0.1, -0.05) is 24.3 Å². The van der Waals surface area contributed by atoms with Crippen molar-refractivity contribution < 1.29 is 4.79 Å². The maximum Gasteiger partial charge on any atom is 0.251 e. The van der Waals surface area contributed by atoms with Crippen molar-refractivity contribution in [1.82, 2.24) is 15.1 Å². The highest BCUT2D eigenvalue weighted by Gasteiger charge is 2.14. The summed E-state index contributed by atoms with van der Waals surface area (Å²) >= 11 is 0. The summed E-state index contributed by atoms with van der Waals surface area (Å²) in [7, 11) is 3.78. The molecule has 1 N–H and O–H groups in total. The van der Waals surface area contributed by atoms with Crippen molar-refractivity contribution in [3.63, 3.8) is 0 Å². The Morgan fingerprint density at radius 3 is 2.59 bits per heavy atom. The fourth-order valence-electron chi connectivity index (χ4n) is 3.50. The summed E-state index contributed by atoms with van der Waals surface area (Å²) < 4.78 is 0. The molecule has 0 bridgehead atoms. The van der Waals surface area contributed by atoms with Crippen LogP contribution in [-0.4, -0.2) is 56.0 Å². The Kier molecular flexibility index (Phi) is 6.23. The Morgan fingerprint density at radius 1 is 1.11 bits per heavy atom. The molecule has 5 nitrogen and oxygen atoms in total. The maximum atomic E-state index is 11.7. The summed E-state index contributed by atoms with van der Waals surface area (Å²) in [5.74, 6) is -0.111. The number of nitrogens with zero attached hydrogens (tertiary/aromatic N) is 3. The maximum absolute atomic E-state index is 11.7. The van der Waals surface area contributed by atoms with E-state index in [9.17, 15) is 10.1 Å². The molecule has 0 saturated carbocycles. The summed E-state index contributed by atoms with van der Waals surface area (Å²) in [6.07, 6.45) is 1.18. The number of carbonyl (C=O) groups excluding carboxylic acids is 1. The van der Waals surface area contributed by atoms with E-state index < -0.39 is 0 Å². The second-order valence-corrected chi connectivity index (χ2v) is 7.08. The third kappa shape index (κ3) is 4.73. The molecule has 1 aliphatic heterocycles. The van der Waals surface area contributed by atoms with Gasteiger partial charge in [-0.05, 0) is 61.4 Å². The molecule has 1 amide bonds. The first-order valence-corrected chi connectivity index (χ1v) is 9.37. The van der Waals surface area contributed by atoms with Crippen LogP contribution in [0, 0.1) is 11.3 Å². The smallest absolute Gasteiger partial charge is 0.251 e. The fraction of sp³-hybridized carbons (Fsp3) is 0.364. The van der Waals surface area contributed by atoms with Crippen LogP contribution in [0.5, 0.6) is 0 Å². The van der Waals surface area contributed by atoms with Crippen LogP contribution < -0.4 is 5.32 Å². The van der Waals surface area contributed by atoms with Crippen LogP contribution in [0.15, 0.2) is 42.5 Å². The van der Waals surface area contributed by atoms with Gasteiger partial charge in [-0.2, -0.15) is 5.26 Å². The Morgan fingerprint density at radius 2 is 1.89 bits per heavy atom. The van der Waals surface area contributed by atoms with Gasteiger partial charge < -0.3 is 10.2 Å². The van der Waals surface area contributed by atoms with Crippen LogP contribution in [0.1, 0.15) is 27.9 Å². The SMILES string of the molecule is CNC(=O)c1ccc(-c2ccc(CN3CCCN(C)CC3)cc2C#N)cc1. The molecule has 0 spiro atoms. The third-order valence-corrected chi connectivity index (χ3v) is 5.11. The first kappa shape index (κ1) is 19.1. The molecule has 1 heterocycles. The normalized spacial score (nSPS) is 15.7. The van der Waals surface area contributed by atoms with Crippen molar-refractivity contribution >= 4 is 5.91 Å². The topological polar surface area (TPSA) is 59.4 Å². The minimum atomic E-state index is -0.111. The second kappa shape index (κ2) is 8.81. The quantitative estimate of drug-likeness (QED) is 0.909. The van der Waals surface area contributed by atoms with Crippen LogP contribution in [0.4, 0.5) is 0 Å². The van der Waals surface area contributed by atoms with Crippen molar-refractivity contribution in [3.8, 4) is 17.2 Å². The molecule has 2 aromatic rings. The zero-order valence-electron chi connectivity index (χ0n) is 16.0. The standard InChI is InChI=1S/C22H26N4O/c1-24-22(27)19-7-5-18(6-8-19)21-9-4-17(14-20(21)15-23)16-26-11-3-10-25(2)12-13-26/h4-9,14H,3,10-13,16H2,1-2H3,(H,24,27). The highest BCUT2D eigenvalue weighted by molar-refractivity contribution is 5.94. The van der Waals surface area contributed by atoms with Crippen LogP contribution in [0.25, 0.3) is 11.1 Å². The van der Waals surface area contributed by atoms with Gasteiger partial charge in [-0.15, -0.1) is 0 Å². The Labute approximate surface area is 161 Å². The number of likely N-dealkylation sites (N-methyl/N-ethyl adjacent to an activating group) is 1. The number of carbonyl (C=O) groups is 1. The average Bonchev–Trinajstić information content (AvgIpc) is 2.91. The highest BCUT2D eigenvalue weighted by atomic mass is 16.1. The van der Waals surface area contributed by atoms with E-state index in [-0.39, 0.29) is 5.91 Å². The highest BCUT2D eigenvalue weighted by Crippen LogP contribution is 2.25. The number of amides is 1. The molecule has 0 aliphatic carbocycles. The van der Waals surface area contributed by atoms with Gasteiger partial charge in [-0.25, -0.2) is 0 Å². The minimum absolute atomic E-state index is 0.111. The van der Waals surface area contributed by atoms with E-state index >= 15 is 0 Å². The minimum Gasteiger partial charge on any atom is -0.355 e. The second-order valence-electron chi connectivity index (χ2n) is 7.08. The zero-order valence-corrected chi connectivity index (χ0v) is 16.0. The van der Waals surface area contributed by atoms with E-state index in [0.717, 1.165) is 43.9 Å². The molecule has 0 aromatic heterocycles. The summed E-state index contributed by atoms with van der Waals surface area (Å²) in [5, 5.41) is 12.3. The summed E-state index contributed by atoms with van der Waals surface area (Å²) in [5.41, 5.74) is 4.30. The first-order chi connectivity index (χ1) is 13.1. The number of nitriles is 1. The molecule has 0 unspecified atom stereocenters. The molecule has 1 fully saturated rings. The monoisotopic (exact) mass is 362 g/mol. The molecule has 2 aromatic carbocycles. The third-order valence-electron chi connectivity index (χ3n) is 5.11. The Bertz CT molecular complexity index is 838. The lowest BCUT2D eigenvalue weighted by Crippen LogP contribution is -2.28. The van der Waals surface area contributed by atoms with Crippen LogP contribution in [0.2, 0.25) is 0 Å². The van der Waals surface area contributed by atoms with Gasteiger partial charge >= 0.3 is 0 Å². The van der Waals surface area contributed by atoms with E-state index in [0.29, 0.717) is 11.1 Å². The number of rotatable bonds is 4. The van der Waals surface area contributed by atoms with E-state index in [1.54, 1.807) is 19.2 Å². The van der Waals surface area contributed by atoms with Crippen LogP contribution in [-0.2, 0) is 6.54 Å². The Balaban J connectivity index is 1.78. The predicted molar refractivity (Wildman–Crippen MR) is 107 cm³/mol. The average molecular weight is 362 g/mol. The van der Waals surface area contributed by atoms with E-state index in [1.165, 1.54) is 12.0 Å². The number of hydrogen-bond donors (Lipinski definition) is 1. The van der Waals surface area contributed by atoms with Gasteiger partial charge in [0, 0.05) is 32.2 Å². The Hall–Kier alpha value is -2.68. The van der Waals surface area contributed by atoms with Gasteiger partial charge in [0.25, 0.3) is 5.91 Å². The zero-order chi connectivity index (χ0) is 19.2. The molecule has 5 heteroatoms. The molecule has 0 radical (unpaired) electrons. The van der Waals surface area contributed by atoms with Gasteiger partial charge in [0.05, 0.1) is 11.6 Å². The van der Waals surface area contributed by atoms with Crippen LogP contribution >= 0.6 is 0 Å². The lowest BCUT2D eigenvalue weighted by Gasteiger charge is -2.20. The molecule has 0 atom stereocenters. The van der Waals surface area contributed by atoms with Crippen molar-refractivity contribution in [2.75, 3.05) is 40.3 Å². The van der Waals surface area contributed by atoms with Crippen molar-refractivity contribution in [2.24, 2.45) is 0 Å². The molecule has 27 heavy (non-hydrogen) atoms. The van der Waals surface area contributed by atoms with Crippen molar-refractivity contribution in [3.05, 3.63) is 59.2 Å². The summed E-state index contributed by atoms with van der Waals surface area (Å²) in [6.45, 7) is 5.25. The van der Waals surface area contributed by atoms with Gasteiger partial charge in [-0.3, -0.25) is 9.69 Å². The molecular weight excluding hydrogens is 336 g/mol. The molecular formula is C22H26N4O. The number of nitrogens with one attached hydrogen (secondary N) is 1. The molecule has 3 rings (SSSR count). The molecule has 1 saturated heterocycles.